The van der Waals surface area contributed by atoms with Crippen LogP contribution in [0.25, 0.3) is 10.8 Å². The lowest BCUT2D eigenvalue weighted by atomic mass is 10.1. The number of fused-ring (bicyclic) bond motifs is 1. The summed E-state index contributed by atoms with van der Waals surface area (Å²) in [6, 6.07) is 12.7. The number of methoxy groups -OCH3 is 1. The minimum atomic E-state index is 0. The van der Waals surface area contributed by atoms with Crippen LogP contribution in [-0.2, 0) is 11.3 Å². The van der Waals surface area contributed by atoms with Crippen molar-refractivity contribution < 1.29 is 9.47 Å². The Morgan fingerprint density at radius 2 is 1.82 bits per heavy atom. The molecule has 0 saturated carbocycles. The molecule has 0 aromatic heterocycles. The third-order valence-corrected chi connectivity index (χ3v) is 5.00. The molecule has 1 aliphatic heterocycles. The summed E-state index contributed by atoms with van der Waals surface area (Å²) in [7, 11) is 1.70. The number of hydrogen-bond donors (Lipinski definition) is 1. The Balaban J connectivity index is 0.00000280. The first kappa shape index (κ1) is 22.7. The van der Waals surface area contributed by atoms with E-state index in [0.29, 0.717) is 12.6 Å². The van der Waals surface area contributed by atoms with Gasteiger partial charge in [-0.15, -0.1) is 24.0 Å². The van der Waals surface area contributed by atoms with Crippen molar-refractivity contribution in [3.8, 4) is 5.75 Å². The van der Waals surface area contributed by atoms with Crippen LogP contribution in [0.4, 0.5) is 0 Å². The summed E-state index contributed by atoms with van der Waals surface area (Å²) in [6.07, 6.45) is 2.53. The molecule has 154 valence electrons. The van der Waals surface area contributed by atoms with E-state index in [2.05, 4.69) is 54.4 Å². The van der Waals surface area contributed by atoms with Gasteiger partial charge in [0, 0.05) is 26.2 Å². The van der Waals surface area contributed by atoms with Crippen LogP contribution in [0.1, 0.15) is 32.3 Å². The Morgan fingerprint density at radius 1 is 1.11 bits per heavy atom. The van der Waals surface area contributed by atoms with E-state index in [1.807, 2.05) is 6.07 Å². The molecule has 2 aromatic carbocycles. The zero-order valence-electron chi connectivity index (χ0n) is 17.1. The van der Waals surface area contributed by atoms with Crippen molar-refractivity contribution in [3.05, 3.63) is 42.0 Å². The lowest BCUT2D eigenvalue weighted by Crippen LogP contribution is -2.47. The van der Waals surface area contributed by atoms with E-state index in [9.17, 15) is 0 Å². The lowest BCUT2D eigenvalue weighted by molar-refractivity contribution is 0.0263. The van der Waals surface area contributed by atoms with Gasteiger partial charge in [0.05, 0.1) is 19.8 Å². The van der Waals surface area contributed by atoms with Gasteiger partial charge in [-0.1, -0.05) is 18.2 Å². The Labute approximate surface area is 185 Å². The number of guanidine groups is 1. The highest BCUT2D eigenvalue weighted by atomic mass is 127. The second-order valence-corrected chi connectivity index (χ2v) is 6.86. The molecule has 1 saturated heterocycles. The number of likely N-dealkylation sites (tertiary alicyclic amines) is 1. The molecule has 1 N–H and O–H groups in total. The molecule has 6 heteroatoms. The molecule has 0 atom stereocenters. The fourth-order valence-electron chi connectivity index (χ4n) is 3.56. The van der Waals surface area contributed by atoms with Crippen LogP contribution >= 0.6 is 24.0 Å². The molecule has 0 unspecified atom stereocenters. The average Bonchev–Trinajstić information content (AvgIpc) is 2.71. The molecule has 0 radical (unpaired) electrons. The zero-order chi connectivity index (χ0) is 19.1. The van der Waals surface area contributed by atoms with E-state index in [1.54, 1.807) is 7.11 Å². The van der Waals surface area contributed by atoms with E-state index >= 15 is 0 Å². The molecule has 5 nitrogen and oxygen atoms in total. The maximum Gasteiger partial charge on any atom is 0.194 e. The molecule has 2 aromatic rings. The third kappa shape index (κ3) is 5.98. The van der Waals surface area contributed by atoms with Gasteiger partial charge in [-0.05, 0) is 61.2 Å². The fraction of sp³-hybridized carbons (Fsp3) is 0.500. The Morgan fingerprint density at radius 3 is 2.50 bits per heavy atom. The normalized spacial score (nSPS) is 15.4. The van der Waals surface area contributed by atoms with Gasteiger partial charge >= 0.3 is 0 Å². The quantitative estimate of drug-likeness (QED) is 0.365. The van der Waals surface area contributed by atoms with Crippen molar-refractivity contribution in [2.24, 2.45) is 4.99 Å². The molecule has 0 amide bonds. The predicted molar refractivity (Wildman–Crippen MR) is 127 cm³/mol. The second kappa shape index (κ2) is 11.5. The number of aliphatic imine (C=N–C) groups is 1. The first-order chi connectivity index (χ1) is 13.2. The molecule has 0 bridgehead atoms. The molecular formula is C22H32IN3O2. The van der Waals surface area contributed by atoms with Gasteiger partial charge in [-0.25, -0.2) is 4.99 Å². The van der Waals surface area contributed by atoms with Crippen molar-refractivity contribution in [1.82, 2.24) is 10.2 Å². The Hall–Kier alpha value is -1.54. The summed E-state index contributed by atoms with van der Waals surface area (Å²) in [5.41, 5.74) is 1.22. The number of halogens is 1. The summed E-state index contributed by atoms with van der Waals surface area (Å²) in [5, 5.41) is 5.84. The molecule has 1 aliphatic rings. The topological polar surface area (TPSA) is 46.1 Å². The number of piperidine rings is 1. The summed E-state index contributed by atoms with van der Waals surface area (Å²) in [6.45, 7) is 8.52. The van der Waals surface area contributed by atoms with Crippen LogP contribution in [0.2, 0.25) is 0 Å². The van der Waals surface area contributed by atoms with Crippen LogP contribution in [-0.4, -0.2) is 50.3 Å². The summed E-state index contributed by atoms with van der Waals surface area (Å²) < 4.78 is 11.1. The summed E-state index contributed by atoms with van der Waals surface area (Å²) in [4.78, 5) is 7.24. The van der Waals surface area contributed by atoms with Crippen LogP contribution in [0, 0.1) is 0 Å². The molecule has 1 heterocycles. The summed E-state index contributed by atoms with van der Waals surface area (Å²) in [5.74, 6) is 1.89. The van der Waals surface area contributed by atoms with Crippen molar-refractivity contribution in [1.29, 1.82) is 0 Å². The molecule has 3 rings (SSSR count). The number of ether oxygens (including phenoxy) is 2. The van der Waals surface area contributed by atoms with E-state index < -0.39 is 0 Å². The highest BCUT2D eigenvalue weighted by Gasteiger charge is 2.21. The average molecular weight is 497 g/mol. The Kier molecular flexibility index (Phi) is 9.31. The minimum Gasteiger partial charge on any atom is -0.497 e. The SMILES string of the molecule is CCNC(=NCc1ccc2cc(OC)ccc2c1)N1CCC(OCC)CC1.I. The highest BCUT2D eigenvalue weighted by Crippen LogP contribution is 2.22. The standard InChI is InChI=1S/C22H31N3O2.HI/c1-4-23-22(25-12-10-20(11-13-25)27-5-2)24-16-17-6-7-19-15-21(26-3)9-8-18(19)14-17;/h6-9,14-15,20H,4-5,10-13,16H2,1-3H3,(H,23,24);1H. The van der Waals surface area contributed by atoms with Crippen molar-refractivity contribution in [2.75, 3.05) is 33.4 Å². The van der Waals surface area contributed by atoms with Crippen LogP contribution in [0.3, 0.4) is 0 Å². The maximum absolute atomic E-state index is 5.76. The minimum absolute atomic E-state index is 0. The van der Waals surface area contributed by atoms with E-state index in [4.69, 9.17) is 14.5 Å². The van der Waals surface area contributed by atoms with Gasteiger partial charge in [0.25, 0.3) is 0 Å². The van der Waals surface area contributed by atoms with Crippen molar-refractivity contribution >= 4 is 40.7 Å². The van der Waals surface area contributed by atoms with Gasteiger partial charge < -0.3 is 19.7 Å². The third-order valence-electron chi connectivity index (χ3n) is 5.00. The monoisotopic (exact) mass is 497 g/mol. The Bertz CT molecular complexity index is 773. The first-order valence-electron chi connectivity index (χ1n) is 9.95. The van der Waals surface area contributed by atoms with Gasteiger partial charge in [0.2, 0.25) is 0 Å². The van der Waals surface area contributed by atoms with Gasteiger partial charge in [-0.2, -0.15) is 0 Å². The van der Waals surface area contributed by atoms with Gasteiger partial charge in [-0.3, -0.25) is 0 Å². The smallest absolute Gasteiger partial charge is 0.194 e. The largest absolute Gasteiger partial charge is 0.497 e. The molecule has 1 fully saturated rings. The molecule has 28 heavy (non-hydrogen) atoms. The fourth-order valence-corrected chi connectivity index (χ4v) is 3.56. The van der Waals surface area contributed by atoms with Crippen LogP contribution < -0.4 is 10.1 Å². The van der Waals surface area contributed by atoms with E-state index in [-0.39, 0.29) is 24.0 Å². The first-order valence-corrected chi connectivity index (χ1v) is 9.95. The number of nitrogens with one attached hydrogen (secondary N) is 1. The second-order valence-electron chi connectivity index (χ2n) is 6.86. The van der Waals surface area contributed by atoms with Crippen molar-refractivity contribution in [2.45, 2.75) is 39.3 Å². The lowest BCUT2D eigenvalue weighted by Gasteiger charge is -2.34. The molecule has 0 aliphatic carbocycles. The number of benzene rings is 2. The molecular weight excluding hydrogens is 465 g/mol. The van der Waals surface area contributed by atoms with E-state index in [0.717, 1.165) is 50.8 Å². The predicted octanol–water partition coefficient (Wildman–Crippen LogP) is 4.43. The zero-order valence-corrected chi connectivity index (χ0v) is 19.4. The summed E-state index contributed by atoms with van der Waals surface area (Å²) >= 11 is 0. The van der Waals surface area contributed by atoms with Crippen LogP contribution in [0.15, 0.2) is 41.4 Å². The van der Waals surface area contributed by atoms with Crippen LogP contribution in [0.5, 0.6) is 5.75 Å². The highest BCUT2D eigenvalue weighted by molar-refractivity contribution is 14.0. The van der Waals surface area contributed by atoms with Crippen molar-refractivity contribution in [3.63, 3.8) is 0 Å². The van der Waals surface area contributed by atoms with E-state index in [1.165, 1.54) is 16.3 Å². The number of hydrogen-bond acceptors (Lipinski definition) is 3. The van der Waals surface area contributed by atoms with Gasteiger partial charge in [0.15, 0.2) is 5.96 Å². The number of nitrogens with zero attached hydrogens (tertiary/aromatic N) is 2. The van der Waals surface area contributed by atoms with Gasteiger partial charge in [0.1, 0.15) is 5.75 Å². The maximum atomic E-state index is 5.76. The number of rotatable bonds is 6. The molecule has 0 spiro atoms.